The summed E-state index contributed by atoms with van der Waals surface area (Å²) < 4.78 is 6.04. The van der Waals surface area contributed by atoms with Crippen LogP contribution in [0.15, 0.2) is 11.4 Å². The van der Waals surface area contributed by atoms with E-state index in [0.717, 1.165) is 26.1 Å². The van der Waals surface area contributed by atoms with Crippen LogP contribution in [0.25, 0.3) is 0 Å². The highest BCUT2D eigenvalue weighted by molar-refractivity contribution is 7.10. The molecule has 1 aromatic heterocycles. The third-order valence-electron chi connectivity index (χ3n) is 6.92. The number of hydrogen-bond donors (Lipinski definition) is 1. The largest absolute Gasteiger partial charge is 0.377 e. The molecule has 3 unspecified atom stereocenters. The molecule has 1 aromatic rings. The van der Waals surface area contributed by atoms with Crippen LogP contribution in [0.2, 0.25) is 0 Å². The van der Waals surface area contributed by atoms with Crippen molar-refractivity contribution in [2.45, 2.75) is 57.2 Å². The number of carbonyl (C=O) groups excluding carboxylic acids is 1. The Morgan fingerprint density at radius 3 is 3.17 bits per heavy atom. The summed E-state index contributed by atoms with van der Waals surface area (Å²) in [7, 11) is 0. The van der Waals surface area contributed by atoms with Crippen LogP contribution in [-0.2, 0) is 22.5 Å². The van der Waals surface area contributed by atoms with Crippen molar-refractivity contribution in [3.05, 3.63) is 21.9 Å². The predicted octanol–water partition coefficient (Wildman–Crippen LogP) is 2.57. The Hall–Kier alpha value is -0.910. The van der Waals surface area contributed by atoms with Gasteiger partial charge >= 0.3 is 0 Å². The molecule has 2 aliphatic heterocycles. The highest BCUT2D eigenvalue weighted by Gasteiger charge is 2.64. The number of ether oxygens (including phenoxy) is 1. The molecule has 4 nitrogen and oxygen atoms in total. The van der Waals surface area contributed by atoms with Gasteiger partial charge in [-0.3, -0.25) is 4.79 Å². The zero-order valence-corrected chi connectivity index (χ0v) is 14.9. The average molecular weight is 346 g/mol. The number of thiophene rings is 1. The number of nitrogens with one attached hydrogen (secondary N) is 1. The van der Waals surface area contributed by atoms with Gasteiger partial charge in [-0.25, -0.2) is 0 Å². The molecule has 0 aromatic carbocycles. The maximum Gasteiger partial charge on any atom is 0.236 e. The second-order valence-corrected chi connectivity index (χ2v) is 8.98. The molecule has 0 radical (unpaired) electrons. The molecule has 0 bridgehead atoms. The quantitative estimate of drug-likeness (QED) is 0.915. The van der Waals surface area contributed by atoms with Crippen LogP contribution in [0, 0.1) is 11.3 Å². The molecular weight excluding hydrogens is 320 g/mol. The van der Waals surface area contributed by atoms with Crippen molar-refractivity contribution in [3.8, 4) is 0 Å². The lowest BCUT2D eigenvalue weighted by atomic mass is 9.54. The summed E-state index contributed by atoms with van der Waals surface area (Å²) >= 11 is 1.83. The first kappa shape index (κ1) is 15.4. The molecule has 5 rings (SSSR count). The summed E-state index contributed by atoms with van der Waals surface area (Å²) in [5.41, 5.74) is 1.68. The van der Waals surface area contributed by atoms with Crippen LogP contribution in [0.1, 0.15) is 42.5 Å². The molecule has 5 heteroatoms. The van der Waals surface area contributed by atoms with E-state index in [9.17, 15) is 4.79 Å². The minimum atomic E-state index is 0.266. The summed E-state index contributed by atoms with van der Waals surface area (Å²) in [5, 5.41) is 5.82. The lowest BCUT2D eigenvalue weighted by Gasteiger charge is -2.57. The molecule has 2 saturated carbocycles. The summed E-state index contributed by atoms with van der Waals surface area (Å²) in [6.45, 7) is 3.08. The van der Waals surface area contributed by atoms with Crippen molar-refractivity contribution in [2.75, 3.05) is 19.7 Å². The Kier molecular flexibility index (Phi) is 3.72. The van der Waals surface area contributed by atoms with Crippen molar-refractivity contribution < 1.29 is 9.53 Å². The van der Waals surface area contributed by atoms with Crippen LogP contribution in [0.5, 0.6) is 0 Å². The van der Waals surface area contributed by atoms with Gasteiger partial charge in [0.1, 0.15) is 0 Å². The van der Waals surface area contributed by atoms with Crippen molar-refractivity contribution in [3.63, 3.8) is 0 Å². The van der Waals surface area contributed by atoms with Crippen LogP contribution in [0.4, 0.5) is 0 Å². The van der Waals surface area contributed by atoms with Crippen LogP contribution in [0.3, 0.4) is 0 Å². The number of fused-ring (bicyclic) bond motifs is 3. The van der Waals surface area contributed by atoms with Gasteiger partial charge in [0.25, 0.3) is 0 Å². The number of nitrogens with zero attached hydrogens (tertiary/aromatic N) is 1. The first-order valence-electron chi connectivity index (χ1n) is 9.46. The molecule has 1 spiro atoms. The monoisotopic (exact) mass is 346 g/mol. The van der Waals surface area contributed by atoms with Gasteiger partial charge in [-0.2, -0.15) is 0 Å². The molecule has 130 valence electrons. The number of carbonyl (C=O) groups is 1. The lowest BCUT2D eigenvalue weighted by Crippen LogP contribution is -2.68. The number of hydrogen-bond acceptors (Lipinski definition) is 4. The fraction of sp³-hybridized carbons (Fsp3) is 0.737. The molecule has 3 fully saturated rings. The third kappa shape index (κ3) is 2.21. The van der Waals surface area contributed by atoms with Gasteiger partial charge in [-0.1, -0.05) is 12.8 Å². The van der Waals surface area contributed by atoms with E-state index in [-0.39, 0.29) is 5.91 Å². The molecule has 3 heterocycles. The van der Waals surface area contributed by atoms with Crippen molar-refractivity contribution in [1.82, 2.24) is 10.2 Å². The van der Waals surface area contributed by atoms with Gasteiger partial charge < -0.3 is 15.0 Å². The minimum absolute atomic E-state index is 0.266. The summed E-state index contributed by atoms with van der Waals surface area (Å²) in [5.74, 6) is 0.906. The lowest BCUT2D eigenvalue weighted by molar-refractivity contribution is -0.140. The van der Waals surface area contributed by atoms with E-state index in [1.165, 1.54) is 42.5 Å². The van der Waals surface area contributed by atoms with Gasteiger partial charge in [-0.05, 0) is 42.7 Å². The Morgan fingerprint density at radius 2 is 2.29 bits per heavy atom. The number of amides is 1. The Balaban J connectivity index is 1.22. The summed E-state index contributed by atoms with van der Waals surface area (Å²) in [6, 6.07) is 2.67. The maximum atomic E-state index is 12.7. The van der Waals surface area contributed by atoms with Gasteiger partial charge in [-0.15, -0.1) is 11.3 Å². The topological polar surface area (TPSA) is 41.6 Å². The van der Waals surface area contributed by atoms with E-state index in [0.29, 0.717) is 30.0 Å². The third-order valence-corrected chi connectivity index (χ3v) is 7.94. The summed E-state index contributed by atoms with van der Waals surface area (Å²) in [6.07, 6.45) is 7.86. The highest BCUT2D eigenvalue weighted by atomic mass is 32.1. The fourth-order valence-electron chi connectivity index (χ4n) is 5.78. The number of rotatable bonds is 3. The average Bonchev–Trinajstić information content (AvgIpc) is 3.33. The predicted molar refractivity (Wildman–Crippen MR) is 94.0 cm³/mol. The van der Waals surface area contributed by atoms with Crippen LogP contribution < -0.4 is 5.32 Å². The second kappa shape index (κ2) is 5.82. The van der Waals surface area contributed by atoms with Gasteiger partial charge in [0, 0.05) is 41.9 Å². The maximum absolute atomic E-state index is 12.7. The standard InChI is InChI=1S/C19H26N2O2S/c22-16(21-8-3-15-13(12-21)5-10-24-15)11-20-17-14-4-9-23-18(14)19(17)6-1-2-7-19/h5,10,14,17-18,20H,1-4,6-9,11-12H2. The van der Waals surface area contributed by atoms with Crippen molar-refractivity contribution in [2.24, 2.45) is 11.3 Å². The van der Waals surface area contributed by atoms with E-state index in [1.54, 1.807) is 0 Å². The molecule has 1 amide bonds. The first-order valence-corrected chi connectivity index (χ1v) is 10.3. The van der Waals surface area contributed by atoms with Gasteiger partial charge in [0.15, 0.2) is 0 Å². The summed E-state index contributed by atoms with van der Waals surface area (Å²) in [4.78, 5) is 16.2. The zero-order chi connectivity index (χ0) is 16.1. The molecule has 1 N–H and O–H groups in total. The van der Waals surface area contributed by atoms with Gasteiger partial charge in [0.2, 0.25) is 5.91 Å². The zero-order valence-electron chi connectivity index (χ0n) is 14.1. The molecule has 4 aliphatic rings. The normalized spacial score (nSPS) is 33.3. The van der Waals surface area contributed by atoms with Crippen molar-refractivity contribution >= 4 is 17.2 Å². The second-order valence-electron chi connectivity index (χ2n) is 7.98. The molecule has 3 atom stereocenters. The Labute approximate surface area is 147 Å². The Bertz CT molecular complexity index is 637. The Morgan fingerprint density at radius 1 is 1.42 bits per heavy atom. The van der Waals surface area contributed by atoms with E-state index < -0.39 is 0 Å². The van der Waals surface area contributed by atoms with Crippen LogP contribution in [-0.4, -0.2) is 42.6 Å². The van der Waals surface area contributed by atoms with E-state index >= 15 is 0 Å². The first-order chi connectivity index (χ1) is 11.8. The van der Waals surface area contributed by atoms with E-state index in [2.05, 4.69) is 16.8 Å². The molecular formula is C19H26N2O2S. The minimum Gasteiger partial charge on any atom is -0.377 e. The molecule has 2 aliphatic carbocycles. The molecule has 24 heavy (non-hydrogen) atoms. The van der Waals surface area contributed by atoms with Crippen LogP contribution >= 0.6 is 11.3 Å². The highest BCUT2D eigenvalue weighted by Crippen LogP contribution is 2.60. The fourth-order valence-corrected chi connectivity index (χ4v) is 6.67. The molecule has 1 saturated heterocycles. The van der Waals surface area contributed by atoms with E-state index in [1.807, 2.05) is 16.2 Å². The SMILES string of the molecule is O=C(CNC1C2CCOC2C12CCCC2)N1CCc2sccc2C1. The van der Waals surface area contributed by atoms with E-state index in [4.69, 9.17) is 4.74 Å². The van der Waals surface area contributed by atoms with Crippen molar-refractivity contribution in [1.29, 1.82) is 0 Å². The smallest absolute Gasteiger partial charge is 0.236 e. The van der Waals surface area contributed by atoms with Gasteiger partial charge in [0.05, 0.1) is 12.6 Å².